The Labute approximate surface area is 135 Å². The summed E-state index contributed by atoms with van der Waals surface area (Å²) in [4.78, 5) is 9.10. The average Bonchev–Trinajstić information content (AvgIpc) is 2.56. The normalized spacial score (nSPS) is 21.9. The van der Waals surface area contributed by atoms with Crippen molar-refractivity contribution < 1.29 is 4.74 Å². The molecule has 1 aliphatic rings. The molecule has 0 aromatic carbocycles. The second kappa shape index (κ2) is 9.94. The molecular weight excluding hydrogens is 272 g/mol. The molecule has 0 spiro atoms. The zero-order valence-electron chi connectivity index (χ0n) is 14.4. The zero-order chi connectivity index (χ0) is 15.6. The topological polar surface area (TPSA) is 35.0 Å². The largest absolute Gasteiger partial charge is 0.380 e. The maximum absolute atomic E-state index is 5.11. The fraction of sp³-hybridized carbons (Fsp3) is 0.789. The molecule has 3 heteroatoms. The number of aromatic nitrogens is 2. The van der Waals surface area contributed by atoms with Gasteiger partial charge in [0.25, 0.3) is 0 Å². The number of hydrogen-bond donors (Lipinski definition) is 0. The molecule has 1 aromatic heterocycles. The molecule has 0 atom stereocenters. The van der Waals surface area contributed by atoms with Gasteiger partial charge in [0, 0.05) is 31.0 Å². The molecule has 0 amide bonds. The summed E-state index contributed by atoms with van der Waals surface area (Å²) >= 11 is 0. The highest BCUT2D eigenvalue weighted by Crippen LogP contribution is 2.36. The third kappa shape index (κ3) is 5.68. The van der Waals surface area contributed by atoms with Crippen LogP contribution in [0.4, 0.5) is 0 Å². The van der Waals surface area contributed by atoms with Crippen LogP contribution in [0, 0.1) is 5.92 Å². The molecule has 0 aliphatic heterocycles. The van der Waals surface area contributed by atoms with E-state index in [1.54, 1.807) is 7.11 Å². The number of methoxy groups -OCH3 is 1. The van der Waals surface area contributed by atoms with Crippen LogP contribution in [0.25, 0.3) is 0 Å². The highest BCUT2D eigenvalue weighted by Gasteiger charge is 2.23. The molecule has 1 fully saturated rings. The fourth-order valence-corrected chi connectivity index (χ4v) is 3.56. The third-order valence-electron chi connectivity index (χ3n) is 4.96. The van der Waals surface area contributed by atoms with Crippen molar-refractivity contribution in [1.29, 1.82) is 0 Å². The summed E-state index contributed by atoms with van der Waals surface area (Å²) in [5.41, 5.74) is 1.06. The Morgan fingerprint density at radius 3 is 2.32 bits per heavy atom. The van der Waals surface area contributed by atoms with Crippen LogP contribution in [0.1, 0.15) is 88.4 Å². The van der Waals surface area contributed by atoms with Gasteiger partial charge in [-0.1, -0.05) is 45.4 Å². The Morgan fingerprint density at radius 2 is 1.68 bits per heavy atom. The van der Waals surface area contributed by atoms with Gasteiger partial charge in [-0.3, -0.25) is 0 Å². The summed E-state index contributed by atoms with van der Waals surface area (Å²) in [7, 11) is 1.71. The molecule has 1 aromatic rings. The molecule has 124 valence electrons. The van der Waals surface area contributed by atoms with Gasteiger partial charge in [0.05, 0.1) is 6.61 Å². The van der Waals surface area contributed by atoms with Gasteiger partial charge >= 0.3 is 0 Å². The predicted octanol–water partition coefficient (Wildman–Crippen LogP) is 5.26. The Bertz CT molecular complexity index is 396. The van der Waals surface area contributed by atoms with E-state index in [9.17, 15) is 0 Å². The lowest BCUT2D eigenvalue weighted by Gasteiger charge is -2.27. The van der Waals surface area contributed by atoms with Gasteiger partial charge in [0.2, 0.25) is 0 Å². The van der Waals surface area contributed by atoms with Crippen LogP contribution in [-0.4, -0.2) is 17.1 Å². The van der Waals surface area contributed by atoms with Crippen LogP contribution in [0.3, 0.4) is 0 Å². The fourth-order valence-electron chi connectivity index (χ4n) is 3.56. The standard InChI is InChI=1S/C19H32N2O/c1-3-4-5-6-7-8-16-9-11-18(12-10-16)19-20-13-17(14-21-19)15-22-2/h13-14,16,18H,3-12,15H2,1-2H3. The lowest BCUT2D eigenvalue weighted by Crippen LogP contribution is -2.15. The minimum atomic E-state index is 0.577. The quantitative estimate of drug-likeness (QED) is 0.584. The Morgan fingerprint density at radius 1 is 1.00 bits per heavy atom. The first-order valence-corrected chi connectivity index (χ1v) is 9.13. The second-order valence-electron chi connectivity index (χ2n) is 6.80. The minimum Gasteiger partial charge on any atom is -0.380 e. The molecule has 1 heterocycles. The van der Waals surface area contributed by atoms with E-state index in [0.29, 0.717) is 12.5 Å². The lowest BCUT2D eigenvalue weighted by atomic mass is 9.79. The summed E-state index contributed by atoms with van der Waals surface area (Å²) in [5, 5.41) is 0. The summed E-state index contributed by atoms with van der Waals surface area (Å²) in [6.45, 7) is 2.89. The SMILES string of the molecule is CCCCCCCC1CCC(c2ncc(COC)cn2)CC1. The van der Waals surface area contributed by atoms with Crippen LogP contribution in [0.15, 0.2) is 12.4 Å². The molecular formula is C19H32N2O. The smallest absolute Gasteiger partial charge is 0.131 e. The Balaban J connectivity index is 1.68. The molecule has 0 unspecified atom stereocenters. The van der Waals surface area contributed by atoms with E-state index >= 15 is 0 Å². The summed E-state index contributed by atoms with van der Waals surface area (Å²) in [6.07, 6.45) is 17.6. The van der Waals surface area contributed by atoms with Crippen molar-refractivity contribution in [2.45, 2.75) is 83.7 Å². The van der Waals surface area contributed by atoms with E-state index in [1.165, 1.54) is 64.2 Å². The number of unbranched alkanes of at least 4 members (excludes halogenated alkanes) is 4. The van der Waals surface area contributed by atoms with Crippen molar-refractivity contribution in [3.05, 3.63) is 23.8 Å². The summed E-state index contributed by atoms with van der Waals surface area (Å²) in [5.74, 6) is 2.57. The van der Waals surface area contributed by atoms with Crippen LogP contribution in [0.2, 0.25) is 0 Å². The van der Waals surface area contributed by atoms with Gasteiger partial charge < -0.3 is 4.74 Å². The van der Waals surface area contributed by atoms with E-state index in [4.69, 9.17) is 4.74 Å². The third-order valence-corrected chi connectivity index (χ3v) is 4.96. The monoisotopic (exact) mass is 304 g/mol. The molecule has 2 rings (SSSR count). The summed E-state index contributed by atoms with van der Waals surface area (Å²) < 4.78 is 5.11. The molecule has 0 bridgehead atoms. The van der Waals surface area contributed by atoms with Crippen LogP contribution in [-0.2, 0) is 11.3 Å². The molecule has 0 saturated heterocycles. The summed E-state index contributed by atoms with van der Waals surface area (Å²) in [6, 6.07) is 0. The molecule has 0 N–H and O–H groups in total. The Kier molecular flexibility index (Phi) is 7.86. The van der Waals surface area contributed by atoms with E-state index in [-0.39, 0.29) is 0 Å². The van der Waals surface area contributed by atoms with Crippen molar-refractivity contribution in [2.75, 3.05) is 7.11 Å². The average molecular weight is 304 g/mol. The molecule has 0 radical (unpaired) electrons. The maximum atomic E-state index is 5.11. The maximum Gasteiger partial charge on any atom is 0.131 e. The highest BCUT2D eigenvalue weighted by atomic mass is 16.5. The van der Waals surface area contributed by atoms with Crippen molar-refractivity contribution in [2.24, 2.45) is 5.92 Å². The van der Waals surface area contributed by atoms with Gasteiger partial charge in [-0.25, -0.2) is 9.97 Å². The van der Waals surface area contributed by atoms with Gasteiger partial charge in [-0.2, -0.15) is 0 Å². The first-order chi connectivity index (χ1) is 10.8. The van der Waals surface area contributed by atoms with Crippen molar-refractivity contribution >= 4 is 0 Å². The van der Waals surface area contributed by atoms with Gasteiger partial charge in [-0.05, 0) is 31.6 Å². The number of rotatable bonds is 9. The highest BCUT2D eigenvalue weighted by molar-refractivity contribution is 5.07. The molecule has 1 saturated carbocycles. The van der Waals surface area contributed by atoms with E-state index in [2.05, 4.69) is 16.9 Å². The van der Waals surface area contributed by atoms with Crippen LogP contribution in [0.5, 0.6) is 0 Å². The predicted molar refractivity (Wildman–Crippen MR) is 90.8 cm³/mol. The number of nitrogens with zero attached hydrogens (tertiary/aromatic N) is 2. The van der Waals surface area contributed by atoms with Crippen LogP contribution < -0.4 is 0 Å². The number of ether oxygens (including phenoxy) is 1. The zero-order valence-corrected chi connectivity index (χ0v) is 14.4. The van der Waals surface area contributed by atoms with Crippen molar-refractivity contribution in [3.63, 3.8) is 0 Å². The Hall–Kier alpha value is -0.960. The molecule has 3 nitrogen and oxygen atoms in total. The minimum absolute atomic E-state index is 0.577. The lowest BCUT2D eigenvalue weighted by molar-refractivity contribution is 0.184. The van der Waals surface area contributed by atoms with Crippen LogP contribution >= 0.6 is 0 Å². The van der Waals surface area contributed by atoms with E-state index in [0.717, 1.165) is 17.3 Å². The van der Waals surface area contributed by atoms with Gasteiger partial charge in [0.1, 0.15) is 5.82 Å². The second-order valence-corrected chi connectivity index (χ2v) is 6.80. The van der Waals surface area contributed by atoms with Gasteiger partial charge in [0.15, 0.2) is 0 Å². The molecule has 22 heavy (non-hydrogen) atoms. The number of hydrogen-bond acceptors (Lipinski definition) is 3. The van der Waals surface area contributed by atoms with Crippen molar-refractivity contribution in [1.82, 2.24) is 9.97 Å². The molecule has 1 aliphatic carbocycles. The van der Waals surface area contributed by atoms with Crippen molar-refractivity contribution in [3.8, 4) is 0 Å². The first kappa shape index (κ1) is 17.4. The first-order valence-electron chi connectivity index (χ1n) is 9.13. The van der Waals surface area contributed by atoms with Gasteiger partial charge in [-0.15, -0.1) is 0 Å². The van der Waals surface area contributed by atoms with E-state index < -0.39 is 0 Å². The van der Waals surface area contributed by atoms with E-state index in [1.807, 2.05) is 12.4 Å².